The van der Waals surface area contributed by atoms with Crippen LogP contribution in [0, 0.1) is 6.92 Å². The summed E-state index contributed by atoms with van der Waals surface area (Å²) in [6.07, 6.45) is 0. The average Bonchev–Trinajstić information content (AvgIpc) is 2.68. The third kappa shape index (κ3) is 5.17. The molecule has 0 aliphatic heterocycles. The summed E-state index contributed by atoms with van der Waals surface area (Å²) in [6.45, 7) is 3.73. The summed E-state index contributed by atoms with van der Waals surface area (Å²) >= 11 is 6.16. The van der Waals surface area contributed by atoms with E-state index in [0.717, 1.165) is 33.3 Å². The minimum Gasteiger partial charge on any atom is -0.490 e. The highest BCUT2D eigenvalue weighted by Crippen LogP contribution is 2.24. The van der Waals surface area contributed by atoms with Crippen LogP contribution in [0.4, 0.5) is 5.69 Å². The number of rotatable bonds is 8. The van der Waals surface area contributed by atoms with Crippen LogP contribution >= 0.6 is 11.6 Å². The Bertz CT molecular complexity index is 837. The maximum Gasteiger partial charge on any atom is 0.122 e. The summed E-state index contributed by atoms with van der Waals surface area (Å²) in [4.78, 5) is 0. The molecule has 0 spiro atoms. The number of benzene rings is 3. The van der Waals surface area contributed by atoms with Gasteiger partial charge < -0.3 is 14.8 Å². The smallest absolute Gasteiger partial charge is 0.122 e. The first-order chi connectivity index (χ1) is 12.7. The molecule has 0 aliphatic carbocycles. The van der Waals surface area contributed by atoms with E-state index in [-0.39, 0.29) is 0 Å². The van der Waals surface area contributed by atoms with Crippen molar-refractivity contribution in [1.82, 2.24) is 0 Å². The average molecular weight is 368 g/mol. The normalized spacial score (nSPS) is 10.4. The van der Waals surface area contributed by atoms with E-state index >= 15 is 0 Å². The van der Waals surface area contributed by atoms with E-state index in [1.807, 2.05) is 73.7 Å². The second kappa shape index (κ2) is 9.16. The van der Waals surface area contributed by atoms with Crippen molar-refractivity contribution >= 4 is 17.3 Å². The monoisotopic (exact) mass is 367 g/mol. The number of para-hydroxylation sites is 1. The highest BCUT2D eigenvalue weighted by molar-refractivity contribution is 6.31. The number of halogens is 1. The zero-order valence-corrected chi connectivity index (χ0v) is 15.5. The Hall–Kier alpha value is -2.65. The van der Waals surface area contributed by atoms with E-state index in [1.165, 1.54) is 0 Å². The van der Waals surface area contributed by atoms with Crippen LogP contribution in [0.1, 0.15) is 11.1 Å². The van der Waals surface area contributed by atoms with Gasteiger partial charge in [-0.05, 0) is 54.4 Å². The van der Waals surface area contributed by atoms with Crippen LogP contribution < -0.4 is 14.8 Å². The van der Waals surface area contributed by atoms with Gasteiger partial charge in [-0.25, -0.2) is 0 Å². The Balaban J connectivity index is 1.49. The first-order valence-electron chi connectivity index (χ1n) is 8.61. The first kappa shape index (κ1) is 18.2. The Morgan fingerprint density at radius 2 is 1.50 bits per heavy atom. The molecule has 134 valence electrons. The molecule has 0 unspecified atom stereocenters. The molecule has 0 bridgehead atoms. The summed E-state index contributed by atoms with van der Waals surface area (Å²) in [5.41, 5.74) is 3.24. The molecule has 3 aromatic rings. The zero-order valence-electron chi connectivity index (χ0n) is 14.7. The van der Waals surface area contributed by atoms with E-state index in [2.05, 4.69) is 11.4 Å². The highest BCUT2D eigenvalue weighted by Gasteiger charge is 2.03. The van der Waals surface area contributed by atoms with E-state index in [9.17, 15) is 0 Å². The minimum absolute atomic E-state index is 0.499. The predicted molar refractivity (Wildman–Crippen MR) is 107 cm³/mol. The highest BCUT2D eigenvalue weighted by atomic mass is 35.5. The van der Waals surface area contributed by atoms with Crippen molar-refractivity contribution in [3.63, 3.8) is 0 Å². The standard InChI is InChI=1S/C22H22ClNO2/c1-17-21(23)11-6-12-22(17)24-16-18-7-5-10-20(15-18)26-14-13-25-19-8-3-2-4-9-19/h2-12,15,24H,13-14,16H2,1H3. The summed E-state index contributed by atoms with van der Waals surface area (Å²) in [5, 5.41) is 4.19. The van der Waals surface area contributed by atoms with Gasteiger partial charge in [-0.3, -0.25) is 0 Å². The van der Waals surface area contributed by atoms with Crippen molar-refractivity contribution in [1.29, 1.82) is 0 Å². The number of nitrogens with one attached hydrogen (secondary N) is 1. The van der Waals surface area contributed by atoms with Crippen molar-refractivity contribution in [3.8, 4) is 11.5 Å². The molecule has 0 aromatic heterocycles. The van der Waals surface area contributed by atoms with Gasteiger partial charge in [0.1, 0.15) is 24.7 Å². The van der Waals surface area contributed by atoms with Crippen molar-refractivity contribution < 1.29 is 9.47 Å². The topological polar surface area (TPSA) is 30.5 Å². The lowest BCUT2D eigenvalue weighted by molar-refractivity contribution is 0.217. The molecule has 1 N–H and O–H groups in total. The maximum absolute atomic E-state index is 6.16. The van der Waals surface area contributed by atoms with Crippen molar-refractivity contribution in [2.45, 2.75) is 13.5 Å². The van der Waals surface area contributed by atoms with E-state index in [4.69, 9.17) is 21.1 Å². The minimum atomic E-state index is 0.499. The predicted octanol–water partition coefficient (Wildman–Crippen LogP) is 5.72. The molecular formula is C22H22ClNO2. The van der Waals surface area contributed by atoms with Crippen LogP contribution in [-0.4, -0.2) is 13.2 Å². The molecule has 3 nitrogen and oxygen atoms in total. The number of hydrogen-bond donors (Lipinski definition) is 1. The fourth-order valence-corrected chi connectivity index (χ4v) is 2.75. The van der Waals surface area contributed by atoms with Crippen molar-refractivity contribution in [3.05, 3.63) is 88.9 Å². The second-order valence-electron chi connectivity index (χ2n) is 5.92. The van der Waals surface area contributed by atoms with Gasteiger partial charge in [0.25, 0.3) is 0 Å². The number of hydrogen-bond acceptors (Lipinski definition) is 3. The second-order valence-corrected chi connectivity index (χ2v) is 6.33. The fourth-order valence-electron chi connectivity index (χ4n) is 2.58. The quantitative estimate of drug-likeness (QED) is 0.516. The summed E-state index contributed by atoms with van der Waals surface area (Å²) in [5.74, 6) is 1.69. The summed E-state index contributed by atoms with van der Waals surface area (Å²) < 4.78 is 11.4. The third-order valence-electron chi connectivity index (χ3n) is 4.01. The van der Waals surface area contributed by atoms with Crippen LogP contribution in [0.3, 0.4) is 0 Å². The molecule has 0 aliphatic rings. The van der Waals surface area contributed by atoms with Gasteiger partial charge in [0.15, 0.2) is 0 Å². The van der Waals surface area contributed by atoms with E-state index < -0.39 is 0 Å². The Morgan fingerprint density at radius 3 is 2.31 bits per heavy atom. The van der Waals surface area contributed by atoms with Crippen LogP contribution in [0.25, 0.3) is 0 Å². The van der Waals surface area contributed by atoms with E-state index in [1.54, 1.807) is 0 Å². The van der Waals surface area contributed by atoms with Crippen LogP contribution in [-0.2, 0) is 6.54 Å². The largest absolute Gasteiger partial charge is 0.490 e. The lowest BCUT2D eigenvalue weighted by atomic mass is 10.1. The molecular weight excluding hydrogens is 346 g/mol. The maximum atomic E-state index is 6.16. The van der Waals surface area contributed by atoms with Gasteiger partial charge in [-0.2, -0.15) is 0 Å². The van der Waals surface area contributed by atoms with Crippen molar-refractivity contribution in [2.75, 3.05) is 18.5 Å². The molecule has 3 rings (SSSR count). The molecule has 0 saturated heterocycles. The molecule has 0 amide bonds. The van der Waals surface area contributed by atoms with Gasteiger partial charge >= 0.3 is 0 Å². The van der Waals surface area contributed by atoms with Gasteiger partial charge in [0, 0.05) is 17.3 Å². The lowest BCUT2D eigenvalue weighted by Crippen LogP contribution is -2.09. The molecule has 26 heavy (non-hydrogen) atoms. The number of anilines is 1. The third-order valence-corrected chi connectivity index (χ3v) is 4.42. The summed E-state index contributed by atoms with van der Waals surface area (Å²) in [7, 11) is 0. The molecule has 0 fully saturated rings. The van der Waals surface area contributed by atoms with E-state index in [0.29, 0.717) is 19.8 Å². The van der Waals surface area contributed by atoms with Gasteiger partial charge in [0.05, 0.1) is 0 Å². The van der Waals surface area contributed by atoms with Gasteiger partial charge in [0.2, 0.25) is 0 Å². The molecule has 0 saturated carbocycles. The molecule has 3 aromatic carbocycles. The lowest BCUT2D eigenvalue weighted by Gasteiger charge is -2.12. The van der Waals surface area contributed by atoms with Gasteiger partial charge in [-0.15, -0.1) is 0 Å². The zero-order chi connectivity index (χ0) is 18.2. The SMILES string of the molecule is Cc1c(Cl)cccc1NCc1cccc(OCCOc2ccccc2)c1. The molecule has 0 radical (unpaired) electrons. The van der Waals surface area contributed by atoms with Crippen LogP contribution in [0.15, 0.2) is 72.8 Å². The van der Waals surface area contributed by atoms with Crippen molar-refractivity contribution in [2.24, 2.45) is 0 Å². The first-order valence-corrected chi connectivity index (χ1v) is 8.99. The summed E-state index contributed by atoms with van der Waals surface area (Å²) in [6, 6.07) is 23.7. The Kier molecular flexibility index (Phi) is 6.39. The van der Waals surface area contributed by atoms with Crippen LogP contribution in [0.2, 0.25) is 5.02 Å². The number of ether oxygens (including phenoxy) is 2. The van der Waals surface area contributed by atoms with Crippen LogP contribution in [0.5, 0.6) is 11.5 Å². The molecule has 0 heterocycles. The fraction of sp³-hybridized carbons (Fsp3) is 0.182. The Morgan fingerprint density at radius 1 is 0.808 bits per heavy atom. The molecule has 0 atom stereocenters. The molecule has 4 heteroatoms. The Labute approximate surface area is 159 Å². The van der Waals surface area contributed by atoms with Gasteiger partial charge in [-0.1, -0.05) is 48.0 Å².